The van der Waals surface area contributed by atoms with Gasteiger partial charge in [-0.1, -0.05) is 6.92 Å². The van der Waals surface area contributed by atoms with Crippen LogP contribution in [0.15, 0.2) is 0 Å². The summed E-state index contributed by atoms with van der Waals surface area (Å²) in [6, 6.07) is 0.537. The van der Waals surface area contributed by atoms with Gasteiger partial charge in [0.25, 0.3) is 0 Å². The molecular formula is C14H28N4O. The summed E-state index contributed by atoms with van der Waals surface area (Å²) in [4.78, 5) is 19.0. The van der Waals surface area contributed by atoms with Crippen LogP contribution in [-0.2, 0) is 4.79 Å². The van der Waals surface area contributed by atoms with Gasteiger partial charge >= 0.3 is 0 Å². The molecule has 110 valence electrons. The van der Waals surface area contributed by atoms with Gasteiger partial charge in [-0.15, -0.1) is 0 Å². The smallest absolute Gasteiger partial charge is 0.236 e. The lowest BCUT2D eigenvalue weighted by atomic mass is 10.1. The second-order valence-electron chi connectivity index (χ2n) is 5.75. The minimum absolute atomic E-state index is 0.306. The van der Waals surface area contributed by atoms with Gasteiger partial charge in [-0.3, -0.25) is 9.69 Å². The number of likely N-dealkylation sites (N-methyl/N-ethyl adjacent to an activating group) is 2. The number of carbonyl (C=O) groups excluding carboxylic acids is 1. The van der Waals surface area contributed by atoms with Crippen LogP contribution in [0.25, 0.3) is 0 Å². The Hall–Kier alpha value is -0.650. The number of nitrogens with zero attached hydrogens (tertiary/aromatic N) is 3. The van der Waals surface area contributed by atoms with Crippen LogP contribution >= 0.6 is 0 Å². The molecule has 2 aliphatic rings. The van der Waals surface area contributed by atoms with Crippen molar-refractivity contribution < 1.29 is 4.79 Å². The van der Waals surface area contributed by atoms with Crippen LogP contribution in [0.5, 0.6) is 0 Å². The summed E-state index contributed by atoms with van der Waals surface area (Å²) in [5, 5.41) is 3.43. The maximum atomic E-state index is 12.4. The highest BCUT2D eigenvalue weighted by Crippen LogP contribution is 2.11. The van der Waals surface area contributed by atoms with E-state index in [0.29, 0.717) is 18.5 Å². The van der Waals surface area contributed by atoms with Crippen molar-refractivity contribution in [1.82, 2.24) is 20.0 Å². The number of hydrogen-bond donors (Lipinski definition) is 1. The zero-order valence-electron chi connectivity index (χ0n) is 12.4. The Kier molecular flexibility index (Phi) is 5.60. The van der Waals surface area contributed by atoms with E-state index in [-0.39, 0.29) is 0 Å². The van der Waals surface area contributed by atoms with Crippen molar-refractivity contribution in [2.24, 2.45) is 0 Å². The highest BCUT2D eigenvalue weighted by atomic mass is 16.2. The van der Waals surface area contributed by atoms with E-state index in [2.05, 4.69) is 29.1 Å². The number of rotatable bonds is 4. The lowest BCUT2D eigenvalue weighted by molar-refractivity contribution is -0.134. The third kappa shape index (κ3) is 4.16. The summed E-state index contributed by atoms with van der Waals surface area (Å²) >= 11 is 0. The molecule has 0 aromatic heterocycles. The molecule has 2 fully saturated rings. The maximum absolute atomic E-state index is 12.4. The lowest BCUT2D eigenvalue weighted by Crippen LogP contribution is -2.53. The number of amides is 1. The average molecular weight is 268 g/mol. The summed E-state index contributed by atoms with van der Waals surface area (Å²) in [7, 11) is 2.12. The Morgan fingerprint density at radius 1 is 1.32 bits per heavy atom. The van der Waals surface area contributed by atoms with Crippen molar-refractivity contribution in [3.63, 3.8) is 0 Å². The minimum Gasteiger partial charge on any atom is -0.339 e. The van der Waals surface area contributed by atoms with Gasteiger partial charge in [0.05, 0.1) is 6.54 Å². The Labute approximate surface area is 116 Å². The molecule has 1 atom stereocenters. The second kappa shape index (κ2) is 7.22. The number of piperazine rings is 1. The van der Waals surface area contributed by atoms with Gasteiger partial charge in [0, 0.05) is 38.8 Å². The van der Waals surface area contributed by atoms with E-state index < -0.39 is 0 Å². The van der Waals surface area contributed by atoms with Crippen molar-refractivity contribution in [1.29, 1.82) is 0 Å². The van der Waals surface area contributed by atoms with Gasteiger partial charge in [0.1, 0.15) is 0 Å². The Morgan fingerprint density at radius 3 is 2.63 bits per heavy atom. The molecular weight excluding hydrogens is 240 g/mol. The van der Waals surface area contributed by atoms with Crippen LogP contribution in [0.3, 0.4) is 0 Å². The zero-order chi connectivity index (χ0) is 13.7. The predicted molar refractivity (Wildman–Crippen MR) is 77.2 cm³/mol. The predicted octanol–water partition coefficient (Wildman–Crippen LogP) is -0.166. The second-order valence-corrected chi connectivity index (χ2v) is 5.75. The van der Waals surface area contributed by atoms with Gasteiger partial charge in [0.15, 0.2) is 0 Å². The van der Waals surface area contributed by atoms with Crippen molar-refractivity contribution in [2.45, 2.75) is 25.8 Å². The fourth-order valence-corrected chi connectivity index (χ4v) is 2.97. The van der Waals surface area contributed by atoms with Crippen LogP contribution in [0, 0.1) is 0 Å². The first-order chi connectivity index (χ1) is 9.20. The Morgan fingerprint density at radius 2 is 2.05 bits per heavy atom. The monoisotopic (exact) mass is 268 g/mol. The molecule has 0 aromatic rings. The van der Waals surface area contributed by atoms with Crippen LogP contribution < -0.4 is 5.32 Å². The fraction of sp³-hybridized carbons (Fsp3) is 0.929. The zero-order valence-corrected chi connectivity index (χ0v) is 12.4. The molecule has 19 heavy (non-hydrogen) atoms. The highest BCUT2D eigenvalue weighted by molar-refractivity contribution is 5.78. The minimum atomic E-state index is 0.306. The van der Waals surface area contributed by atoms with Gasteiger partial charge in [0.2, 0.25) is 5.91 Å². The third-order valence-electron chi connectivity index (χ3n) is 4.39. The standard InChI is InChI=1S/C14H28N4O/c1-3-17(13-5-4-6-15-11-13)12-14(19)18-9-7-16(2)8-10-18/h13,15H,3-12H2,1-2H3. The van der Waals surface area contributed by atoms with Crippen LogP contribution in [0.4, 0.5) is 0 Å². The topological polar surface area (TPSA) is 38.8 Å². The van der Waals surface area contributed by atoms with E-state index in [1.165, 1.54) is 12.8 Å². The van der Waals surface area contributed by atoms with E-state index >= 15 is 0 Å². The molecule has 0 aromatic carbocycles. The number of piperidine rings is 1. The molecule has 5 nitrogen and oxygen atoms in total. The van der Waals surface area contributed by atoms with E-state index in [1.807, 2.05) is 4.90 Å². The van der Waals surface area contributed by atoms with E-state index in [1.54, 1.807) is 0 Å². The fourth-order valence-electron chi connectivity index (χ4n) is 2.97. The van der Waals surface area contributed by atoms with Gasteiger partial charge in [-0.05, 0) is 33.0 Å². The molecule has 2 saturated heterocycles. The van der Waals surface area contributed by atoms with Crippen LogP contribution in [0.1, 0.15) is 19.8 Å². The first kappa shape index (κ1) is 14.8. The SMILES string of the molecule is CCN(CC(=O)N1CCN(C)CC1)C1CCCNC1. The van der Waals surface area contributed by atoms with Gasteiger partial charge < -0.3 is 15.1 Å². The van der Waals surface area contributed by atoms with Crippen molar-refractivity contribution >= 4 is 5.91 Å². The van der Waals surface area contributed by atoms with Crippen molar-refractivity contribution in [3.8, 4) is 0 Å². The Bertz CT molecular complexity index is 283. The molecule has 2 rings (SSSR count). The highest BCUT2D eigenvalue weighted by Gasteiger charge is 2.25. The molecule has 0 saturated carbocycles. The molecule has 0 bridgehead atoms. The van der Waals surface area contributed by atoms with E-state index in [4.69, 9.17) is 0 Å². The lowest BCUT2D eigenvalue weighted by Gasteiger charge is -2.37. The largest absolute Gasteiger partial charge is 0.339 e. The molecule has 2 heterocycles. The van der Waals surface area contributed by atoms with Crippen LogP contribution in [-0.4, -0.2) is 86.1 Å². The van der Waals surface area contributed by atoms with Crippen LogP contribution in [0.2, 0.25) is 0 Å². The molecule has 5 heteroatoms. The van der Waals surface area contributed by atoms with Gasteiger partial charge in [-0.25, -0.2) is 0 Å². The van der Waals surface area contributed by atoms with Crippen molar-refractivity contribution in [3.05, 3.63) is 0 Å². The average Bonchev–Trinajstić information content (AvgIpc) is 2.46. The third-order valence-corrected chi connectivity index (χ3v) is 4.39. The molecule has 1 unspecified atom stereocenters. The maximum Gasteiger partial charge on any atom is 0.236 e. The molecule has 0 aliphatic carbocycles. The molecule has 1 N–H and O–H groups in total. The summed E-state index contributed by atoms with van der Waals surface area (Å²) in [5.41, 5.74) is 0. The number of nitrogens with one attached hydrogen (secondary N) is 1. The van der Waals surface area contributed by atoms with Gasteiger partial charge in [-0.2, -0.15) is 0 Å². The number of carbonyl (C=O) groups is 1. The quantitative estimate of drug-likeness (QED) is 0.769. The normalized spacial score (nSPS) is 25.8. The molecule has 2 aliphatic heterocycles. The first-order valence-electron chi connectivity index (χ1n) is 7.61. The Balaban J connectivity index is 1.81. The summed E-state index contributed by atoms with van der Waals surface area (Å²) in [5.74, 6) is 0.306. The summed E-state index contributed by atoms with van der Waals surface area (Å²) in [6.07, 6.45) is 2.45. The summed E-state index contributed by atoms with van der Waals surface area (Å²) in [6.45, 7) is 9.64. The molecule has 0 radical (unpaired) electrons. The number of hydrogen-bond acceptors (Lipinski definition) is 4. The van der Waals surface area contributed by atoms with E-state index in [0.717, 1.165) is 45.8 Å². The molecule has 1 amide bonds. The summed E-state index contributed by atoms with van der Waals surface area (Å²) < 4.78 is 0. The van der Waals surface area contributed by atoms with Crippen molar-refractivity contribution in [2.75, 3.05) is 59.4 Å². The van der Waals surface area contributed by atoms with E-state index in [9.17, 15) is 4.79 Å². The first-order valence-corrected chi connectivity index (χ1v) is 7.61. The molecule has 0 spiro atoms.